The number of nitrogens with zero attached hydrogens (tertiary/aromatic N) is 1. The molecule has 2 N–H and O–H groups in total. The van der Waals surface area contributed by atoms with E-state index in [1.165, 1.54) is 17.4 Å². The summed E-state index contributed by atoms with van der Waals surface area (Å²) >= 11 is 1.18. The summed E-state index contributed by atoms with van der Waals surface area (Å²) in [6.45, 7) is -4.95. The molecule has 0 aliphatic heterocycles. The van der Waals surface area contributed by atoms with Crippen LogP contribution in [0, 0.1) is 0 Å². The molecular formula is C7H5BF3N2S-. The van der Waals surface area contributed by atoms with Crippen LogP contribution in [0.1, 0.15) is 0 Å². The molecule has 2 nitrogen and oxygen atoms in total. The normalized spacial score (nSPS) is 12.2. The Kier molecular flexibility index (Phi) is 1.92. The zero-order valence-corrected chi connectivity index (χ0v) is 7.69. The van der Waals surface area contributed by atoms with Crippen LogP contribution >= 0.6 is 11.3 Å². The lowest BCUT2D eigenvalue weighted by molar-refractivity contribution is 0.501. The van der Waals surface area contributed by atoms with Gasteiger partial charge in [-0.25, -0.2) is 4.98 Å². The zero-order valence-electron chi connectivity index (χ0n) is 6.88. The van der Waals surface area contributed by atoms with Crippen LogP contribution in [-0.4, -0.2) is 12.0 Å². The summed E-state index contributed by atoms with van der Waals surface area (Å²) in [5.74, 6) is 0. The smallest absolute Gasteiger partial charge is 0.445 e. The van der Waals surface area contributed by atoms with Crippen LogP contribution in [0.3, 0.4) is 0 Å². The van der Waals surface area contributed by atoms with Crippen LogP contribution in [0.15, 0.2) is 18.2 Å². The molecule has 14 heavy (non-hydrogen) atoms. The molecule has 1 heterocycles. The van der Waals surface area contributed by atoms with E-state index in [2.05, 4.69) is 4.98 Å². The maximum absolute atomic E-state index is 12.3. The highest BCUT2D eigenvalue weighted by atomic mass is 32.1. The number of thiazole rings is 1. The van der Waals surface area contributed by atoms with Crippen LogP contribution in [0.5, 0.6) is 0 Å². The number of aromatic nitrogens is 1. The molecule has 1 aromatic carbocycles. The van der Waals surface area contributed by atoms with Gasteiger partial charge >= 0.3 is 6.98 Å². The lowest BCUT2D eigenvalue weighted by Gasteiger charge is -2.13. The van der Waals surface area contributed by atoms with Gasteiger partial charge in [-0.15, -0.1) is 5.46 Å². The van der Waals surface area contributed by atoms with Gasteiger partial charge in [0.1, 0.15) is 0 Å². The van der Waals surface area contributed by atoms with Crippen molar-refractivity contribution in [2.45, 2.75) is 0 Å². The van der Waals surface area contributed by atoms with Crippen LogP contribution in [0.4, 0.5) is 18.1 Å². The van der Waals surface area contributed by atoms with Crippen molar-refractivity contribution in [1.82, 2.24) is 4.98 Å². The molecule has 0 spiro atoms. The van der Waals surface area contributed by atoms with Gasteiger partial charge in [-0.1, -0.05) is 23.5 Å². The number of nitrogen functional groups attached to an aromatic ring is 1. The van der Waals surface area contributed by atoms with Crippen molar-refractivity contribution in [3.05, 3.63) is 18.2 Å². The molecule has 1 aromatic heterocycles. The molecule has 0 saturated heterocycles. The van der Waals surface area contributed by atoms with E-state index in [4.69, 9.17) is 5.73 Å². The van der Waals surface area contributed by atoms with E-state index in [1.54, 1.807) is 0 Å². The van der Waals surface area contributed by atoms with Gasteiger partial charge in [0.25, 0.3) is 0 Å². The van der Waals surface area contributed by atoms with Gasteiger partial charge < -0.3 is 18.7 Å². The lowest BCUT2D eigenvalue weighted by atomic mass is 9.80. The summed E-state index contributed by atoms with van der Waals surface area (Å²) < 4.78 is 37.7. The Morgan fingerprint density at radius 1 is 1.29 bits per heavy atom. The van der Waals surface area contributed by atoms with Gasteiger partial charge in [0.15, 0.2) is 5.13 Å². The minimum atomic E-state index is -4.95. The maximum Gasteiger partial charge on any atom is 0.509 e. The lowest BCUT2D eigenvalue weighted by Crippen LogP contribution is -2.33. The van der Waals surface area contributed by atoms with Crippen molar-refractivity contribution in [3.8, 4) is 0 Å². The van der Waals surface area contributed by atoms with E-state index in [9.17, 15) is 12.9 Å². The van der Waals surface area contributed by atoms with E-state index < -0.39 is 12.4 Å². The summed E-state index contributed by atoms with van der Waals surface area (Å²) in [5.41, 5.74) is 5.05. The monoisotopic (exact) mass is 217 g/mol. The minimum Gasteiger partial charge on any atom is -0.445 e. The van der Waals surface area contributed by atoms with E-state index in [1.807, 2.05) is 0 Å². The number of halogens is 3. The number of fused-ring (bicyclic) bond motifs is 1. The Balaban J connectivity index is 2.62. The third-order valence-corrected chi connectivity index (χ3v) is 2.67. The number of benzene rings is 1. The van der Waals surface area contributed by atoms with Crippen LogP contribution in [0.25, 0.3) is 10.2 Å². The van der Waals surface area contributed by atoms with E-state index in [-0.39, 0.29) is 5.13 Å². The average molecular weight is 217 g/mol. The summed E-state index contributed by atoms with van der Waals surface area (Å²) in [5, 5.41) is 0.284. The molecule has 0 unspecified atom stereocenters. The highest BCUT2D eigenvalue weighted by Crippen LogP contribution is 2.23. The number of rotatable bonds is 1. The molecule has 0 aliphatic rings. The van der Waals surface area contributed by atoms with Gasteiger partial charge in [-0.05, 0) is 6.07 Å². The number of hydrogen-bond acceptors (Lipinski definition) is 3. The fourth-order valence-electron chi connectivity index (χ4n) is 1.17. The van der Waals surface area contributed by atoms with Gasteiger partial charge in [0.2, 0.25) is 0 Å². The first-order chi connectivity index (χ1) is 6.47. The quantitative estimate of drug-likeness (QED) is 0.741. The molecule has 2 aromatic rings. The average Bonchev–Trinajstić information content (AvgIpc) is 2.41. The van der Waals surface area contributed by atoms with E-state index >= 15 is 0 Å². The largest absolute Gasteiger partial charge is 0.509 e. The second-order valence-electron chi connectivity index (χ2n) is 2.85. The molecular weight excluding hydrogens is 212 g/mol. The fraction of sp³-hybridized carbons (Fsp3) is 0. The molecule has 0 atom stereocenters. The first-order valence-electron chi connectivity index (χ1n) is 3.83. The van der Waals surface area contributed by atoms with Gasteiger partial charge in [0, 0.05) is 0 Å². The molecule has 0 saturated carbocycles. The SMILES string of the molecule is Nc1nc2cc([B-](F)(F)F)ccc2s1. The van der Waals surface area contributed by atoms with Crippen molar-refractivity contribution in [2.24, 2.45) is 0 Å². The van der Waals surface area contributed by atoms with E-state index in [0.717, 1.165) is 12.1 Å². The molecule has 0 aliphatic carbocycles. The topological polar surface area (TPSA) is 38.9 Å². The predicted molar refractivity (Wildman–Crippen MR) is 52.7 cm³/mol. The second-order valence-corrected chi connectivity index (χ2v) is 3.92. The highest BCUT2D eigenvalue weighted by molar-refractivity contribution is 7.22. The third-order valence-electron chi connectivity index (χ3n) is 1.81. The summed E-state index contributed by atoms with van der Waals surface area (Å²) in [7, 11) is 0. The first-order valence-corrected chi connectivity index (χ1v) is 4.64. The van der Waals surface area contributed by atoms with Crippen molar-refractivity contribution < 1.29 is 12.9 Å². The Morgan fingerprint density at radius 2 is 2.00 bits per heavy atom. The standard InChI is InChI=1S/C7H5BF3N2S/c9-8(10,11)4-1-2-6-5(3-4)13-7(12)14-6/h1-3H,(H2,12,13)/q-1. The van der Waals surface area contributed by atoms with Gasteiger partial charge in [0.05, 0.1) is 10.2 Å². The van der Waals surface area contributed by atoms with Crippen LogP contribution < -0.4 is 11.2 Å². The van der Waals surface area contributed by atoms with Gasteiger partial charge in [-0.3, -0.25) is 0 Å². The summed E-state index contributed by atoms with van der Waals surface area (Å²) in [6.07, 6.45) is 0. The molecule has 0 amide bonds. The first kappa shape index (κ1) is 9.33. The highest BCUT2D eigenvalue weighted by Gasteiger charge is 2.25. The maximum atomic E-state index is 12.3. The Morgan fingerprint density at radius 3 is 2.64 bits per heavy atom. The number of nitrogens with two attached hydrogens (primary N) is 1. The van der Waals surface area contributed by atoms with Crippen molar-refractivity contribution >= 4 is 39.1 Å². The van der Waals surface area contributed by atoms with Gasteiger partial charge in [-0.2, -0.15) is 0 Å². The summed E-state index contributed by atoms with van der Waals surface area (Å²) in [6, 6.07) is 3.48. The predicted octanol–water partition coefficient (Wildman–Crippen LogP) is 1.93. The van der Waals surface area contributed by atoms with Crippen molar-refractivity contribution in [3.63, 3.8) is 0 Å². The zero-order chi connectivity index (χ0) is 10.3. The molecule has 7 heteroatoms. The Bertz CT molecular complexity index is 479. The van der Waals surface area contributed by atoms with Crippen molar-refractivity contribution in [2.75, 3.05) is 5.73 Å². The summed E-state index contributed by atoms with van der Waals surface area (Å²) in [4.78, 5) is 3.79. The second kappa shape index (κ2) is 2.88. The Labute approximate surface area is 81.6 Å². The fourth-order valence-corrected chi connectivity index (χ4v) is 1.88. The molecule has 74 valence electrons. The Hall–Kier alpha value is -1.24. The van der Waals surface area contributed by atoms with Crippen LogP contribution in [0.2, 0.25) is 0 Å². The minimum absolute atomic E-state index is 0.284. The van der Waals surface area contributed by atoms with E-state index in [0.29, 0.717) is 10.2 Å². The molecule has 2 rings (SSSR count). The van der Waals surface area contributed by atoms with Crippen LogP contribution in [-0.2, 0) is 0 Å². The molecule has 0 radical (unpaired) electrons. The third kappa shape index (κ3) is 1.55. The number of hydrogen-bond donors (Lipinski definition) is 1. The molecule has 0 fully saturated rings. The number of anilines is 1. The van der Waals surface area contributed by atoms with Crippen molar-refractivity contribution in [1.29, 1.82) is 0 Å². The molecule has 0 bridgehead atoms.